The zero-order chi connectivity index (χ0) is 12.3. The molecule has 2 rings (SSSR count). The van der Waals surface area contributed by atoms with Gasteiger partial charge >= 0.3 is 0 Å². The van der Waals surface area contributed by atoms with Gasteiger partial charge in [0.1, 0.15) is 0 Å². The SMILES string of the molecule is NCC1CCCN(C(=O)c2ccccc2I)C1. The second-order valence-corrected chi connectivity index (χ2v) is 5.64. The summed E-state index contributed by atoms with van der Waals surface area (Å²) in [5, 5.41) is 0. The molecule has 0 aliphatic carbocycles. The van der Waals surface area contributed by atoms with Crippen LogP contribution in [0.5, 0.6) is 0 Å². The zero-order valence-electron chi connectivity index (χ0n) is 9.73. The van der Waals surface area contributed by atoms with E-state index in [1.165, 1.54) is 0 Å². The number of carbonyl (C=O) groups excluding carboxylic acids is 1. The van der Waals surface area contributed by atoms with E-state index in [2.05, 4.69) is 22.6 Å². The minimum Gasteiger partial charge on any atom is -0.338 e. The first-order valence-electron chi connectivity index (χ1n) is 5.96. The molecule has 0 saturated carbocycles. The molecular formula is C13H17IN2O. The van der Waals surface area contributed by atoms with E-state index in [4.69, 9.17) is 5.73 Å². The van der Waals surface area contributed by atoms with E-state index in [1.54, 1.807) is 0 Å². The van der Waals surface area contributed by atoms with Crippen molar-refractivity contribution in [2.75, 3.05) is 19.6 Å². The Morgan fingerprint density at radius 2 is 2.24 bits per heavy atom. The second-order valence-electron chi connectivity index (χ2n) is 4.47. The van der Waals surface area contributed by atoms with Gasteiger partial charge < -0.3 is 10.6 Å². The lowest BCUT2D eigenvalue weighted by molar-refractivity contribution is 0.0677. The van der Waals surface area contributed by atoms with Crippen LogP contribution in [0.1, 0.15) is 23.2 Å². The van der Waals surface area contributed by atoms with E-state index in [1.807, 2.05) is 29.2 Å². The summed E-state index contributed by atoms with van der Waals surface area (Å²) in [6.45, 7) is 2.34. The maximum atomic E-state index is 12.4. The molecule has 1 amide bonds. The van der Waals surface area contributed by atoms with Crippen LogP contribution in [-0.4, -0.2) is 30.4 Å². The summed E-state index contributed by atoms with van der Waals surface area (Å²) in [4.78, 5) is 14.3. The largest absolute Gasteiger partial charge is 0.338 e. The second kappa shape index (κ2) is 5.82. The van der Waals surface area contributed by atoms with Gasteiger partial charge in [-0.15, -0.1) is 0 Å². The van der Waals surface area contributed by atoms with E-state index in [0.717, 1.165) is 35.1 Å². The first kappa shape index (κ1) is 12.8. The van der Waals surface area contributed by atoms with E-state index >= 15 is 0 Å². The van der Waals surface area contributed by atoms with Gasteiger partial charge in [-0.3, -0.25) is 4.79 Å². The Hall–Kier alpha value is -0.620. The summed E-state index contributed by atoms with van der Waals surface area (Å²) in [5.74, 6) is 0.613. The lowest BCUT2D eigenvalue weighted by atomic mass is 9.97. The number of benzene rings is 1. The molecule has 1 aliphatic rings. The van der Waals surface area contributed by atoms with Crippen LogP contribution in [0.25, 0.3) is 0 Å². The van der Waals surface area contributed by atoms with Gasteiger partial charge in [-0.25, -0.2) is 0 Å². The quantitative estimate of drug-likeness (QED) is 0.836. The number of rotatable bonds is 2. The van der Waals surface area contributed by atoms with Crippen molar-refractivity contribution < 1.29 is 4.79 Å². The number of likely N-dealkylation sites (tertiary alicyclic amines) is 1. The smallest absolute Gasteiger partial charge is 0.254 e. The lowest BCUT2D eigenvalue weighted by Crippen LogP contribution is -2.42. The van der Waals surface area contributed by atoms with Gasteiger partial charge in [0.05, 0.1) is 5.56 Å². The maximum absolute atomic E-state index is 12.4. The van der Waals surface area contributed by atoms with Crippen LogP contribution in [-0.2, 0) is 0 Å². The molecule has 17 heavy (non-hydrogen) atoms. The van der Waals surface area contributed by atoms with Gasteiger partial charge in [0, 0.05) is 16.7 Å². The Labute approximate surface area is 116 Å². The summed E-state index contributed by atoms with van der Waals surface area (Å²) in [6, 6.07) is 7.74. The average molecular weight is 344 g/mol. The van der Waals surface area contributed by atoms with Crippen LogP contribution in [0.4, 0.5) is 0 Å². The Balaban J connectivity index is 2.12. The monoisotopic (exact) mass is 344 g/mol. The number of amides is 1. The molecule has 1 aromatic rings. The zero-order valence-corrected chi connectivity index (χ0v) is 11.9. The fourth-order valence-corrected chi connectivity index (χ4v) is 2.87. The fourth-order valence-electron chi connectivity index (χ4n) is 2.25. The van der Waals surface area contributed by atoms with Crippen LogP contribution in [0, 0.1) is 9.49 Å². The van der Waals surface area contributed by atoms with Crippen LogP contribution < -0.4 is 5.73 Å². The van der Waals surface area contributed by atoms with Crippen LogP contribution >= 0.6 is 22.6 Å². The summed E-state index contributed by atoms with van der Waals surface area (Å²) in [7, 11) is 0. The maximum Gasteiger partial charge on any atom is 0.254 e. The van der Waals surface area contributed by atoms with E-state index in [-0.39, 0.29) is 5.91 Å². The molecule has 92 valence electrons. The first-order valence-corrected chi connectivity index (χ1v) is 7.04. The molecule has 2 N–H and O–H groups in total. The normalized spacial score (nSPS) is 20.4. The number of nitrogens with zero attached hydrogens (tertiary/aromatic N) is 1. The summed E-state index contributed by atoms with van der Waals surface area (Å²) >= 11 is 2.21. The fraction of sp³-hybridized carbons (Fsp3) is 0.462. The average Bonchev–Trinajstić information content (AvgIpc) is 2.38. The van der Waals surface area contributed by atoms with Crippen molar-refractivity contribution in [3.05, 3.63) is 33.4 Å². The summed E-state index contributed by atoms with van der Waals surface area (Å²) in [6.07, 6.45) is 2.21. The molecule has 0 radical (unpaired) electrons. The van der Waals surface area contributed by atoms with E-state index in [0.29, 0.717) is 12.5 Å². The van der Waals surface area contributed by atoms with Gasteiger partial charge in [0.25, 0.3) is 5.91 Å². The standard InChI is InChI=1S/C13H17IN2O/c14-12-6-2-1-5-11(12)13(17)16-7-3-4-10(8-15)9-16/h1-2,5-6,10H,3-4,7-9,15H2. The highest BCUT2D eigenvalue weighted by atomic mass is 127. The Morgan fingerprint density at radius 3 is 2.94 bits per heavy atom. The Kier molecular flexibility index (Phi) is 4.39. The Bertz CT molecular complexity index is 408. The molecule has 1 aliphatic heterocycles. The molecule has 1 fully saturated rings. The molecule has 1 atom stereocenters. The highest BCUT2D eigenvalue weighted by Gasteiger charge is 2.24. The predicted molar refractivity (Wildman–Crippen MR) is 76.8 cm³/mol. The molecular weight excluding hydrogens is 327 g/mol. The van der Waals surface area contributed by atoms with Gasteiger partial charge in [-0.05, 0) is 60.0 Å². The summed E-state index contributed by atoms with van der Waals surface area (Å²) < 4.78 is 1.02. The van der Waals surface area contributed by atoms with Crippen LogP contribution in [0.2, 0.25) is 0 Å². The highest BCUT2D eigenvalue weighted by molar-refractivity contribution is 14.1. The number of hydrogen-bond acceptors (Lipinski definition) is 2. The molecule has 1 unspecified atom stereocenters. The number of carbonyl (C=O) groups is 1. The molecule has 1 saturated heterocycles. The van der Waals surface area contributed by atoms with Gasteiger partial charge in [0.15, 0.2) is 0 Å². The van der Waals surface area contributed by atoms with Gasteiger partial charge in [0.2, 0.25) is 0 Å². The van der Waals surface area contributed by atoms with Crippen LogP contribution in [0.3, 0.4) is 0 Å². The molecule has 0 spiro atoms. The van der Waals surface area contributed by atoms with Crippen LogP contribution in [0.15, 0.2) is 24.3 Å². The van der Waals surface area contributed by atoms with Crippen molar-refractivity contribution in [3.63, 3.8) is 0 Å². The van der Waals surface area contributed by atoms with Crippen molar-refractivity contribution in [2.45, 2.75) is 12.8 Å². The molecule has 3 nitrogen and oxygen atoms in total. The van der Waals surface area contributed by atoms with Gasteiger partial charge in [-0.1, -0.05) is 12.1 Å². The van der Waals surface area contributed by atoms with Crippen molar-refractivity contribution >= 4 is 28.5 Å². The van der Waals surface area contributed by atoms with Gasteiger partial charge in [-0.2, -0.15) is 0 Å². The van der Waals surface area contributed by atoms with Crippen molar-refractivity contribution in [3.8, 4) is 0 Å². The third kappa shape index (κ3) is 2.98. The van der Waals surface area contributed by atoms with Crippen molar-refractivity contribution in [1.29, 1.82) is 0 Å². The third-order valence-electron chi connectivity index (χ3n) is 3.24. The van der Waals surface area contributed by atoms with E-state index in [9.17, 15) is 4.79 Å². The number of hydrogen-bond donors (Lipinski definition) is 1. The minimum absolute atomic E-state index is 0.146. The first-order chi connectivity index (χ1) is 8.22. The lowest BCUT2D eigenvalue weighted by Gasteiger charge is -2.32. The Morgan fingerprint density at radius 1 is 1.47 bits per heavy atom. The van der Waals surface area contributed by atoms with Crippen molar-refractivity contribution in [1.82, 2.24) is 4.90 Å². The van der Waals surface area contributed by atoms with Crippen molar-refractivity contribution in [2.24, 2.45) is 11.7 Å². The molecule has 0 aromatic heterocycles. The summed E-state index contributed by atoms with van der Waals surface area (Å²) in [5.41, 5.74) is 6.51. The minimum atomic E-state index is 0.146. The molecule has 1 aromatic carbocycles. The molecule has 4 heteroatoms. The molecule has 0 bridgehead atoms. The third-order valence-corrected chi connectivity index (χ3v) is 4.18. The van der Waals surface area contributed by atoms with E-state index < -0.39 is 0 Å². The highest BCUT2D eigenvalue weighted by Crippen LogP contribution is 2.20. The topological polar surface area (TPSA) is 46.3 Å². The number of nitrogens with two attached hydrogens (primary N) is 1. The number of halogens is 1. The number of piperidine rings is 1. The molecule has 1 heterocycles. The predicted octanol–water partition coefficient (Wildman–Crippen LogP) is 2.10.